The van der Waals surface area contributed by atoms with Crippen LogP contribution in [0.15, 0.2) is 35.8 Å². The van der Waals surface area contributed by atoms with Gasteiger partial charge < -0.3 is 10.6 Å². The summed E-state index contributed by atoms with van der Waals surface area (Å²) in [7, 11) is 4.44. The molecule has 25 heavy (non-hydrogen) atoms. The molecule has 0 aromatic carbocycles. The van der Waals surface area contributed by atoms with Gasteiger partial charge in [0, 0.05) is 24.5 Å². The molecule has 0 atom stereocenters. The van der Waals surface area contributed by atoms with Crippen molar-refractivity contribution in [1.82, 2.24) is 19.2 Å². The number of fused-ring (bicyclic) bond motifs is 1. The van der Waals surface area contributed by atoms with Gasteiger partial charge in [0.2, 0.25) is 0 Å². The Hall–Kier alpha value is -1.89. The van der Waals surface area contributed by atoms with Gasteiger partial charge in [-0.25, -0.2) is 4.98 Å². The first-order valence-corrected chi connectivity index (χ1v) is 9.69. The maximum Gasteiger partial charge on any atom is 0.137 e. The number of aromatic nitrogens is 2. The molecule has 1 saturated heterocycles. The fraction of sp³-hybridized carbons (Fsp3) is 0.421. The van der Waals surface area contributed by atoms with Crippen LogP contribution in [0.2, 0.25) is 0 Å². The van der Waals surface area contributed by atoms with Crippen molar-refractivity contribution in [3.63, 3.8) is 0 Å². The summed E-state index contributed by atoms with van der Waals surface area (Å²) in [5.74, 6) is 0. The molecule has 0 radical (unpaired) electrons. The number of hydrogen-bond acceptors (Lipinski definition) is 5. The minimum absolute atomic E-state index is 0.624. The van der Waals surface area contributed by atoms with Crippen LogP contribution in [0.3, 0.4) is 0 Å². The summed E-state index contributed by atoms with van der Waals surface area (Å²) in [5.41, 5.74) is 10.1. The number of pyridine rings is 1. The highest BCUT2D eigenvalue weighted by Gasteiger charge is 2.23. The molecule has 0 unspecified atom stereocenters. The van der Waals surface area contributed by atoms with E-state index in [-0.39, 0.29) is 0 Å². The van der Waals surface area contributed by atoms with Crippen molar-refractivity contribution in [3.05, 3.63) is 41.5 Å². The summed E-state index contributed by atoms with van der Waals surface area (Å²) < 4.78 is 2.16. The molecule has 0 spiro atoms. The minimum Gasteiger partial charge on any atom is -0.398 e. The van der Waals surface area contributed by atoms with Gasteiger partial charge in [-0.2, -0.15) is 0 Å². The van der Waals surface area contributed by atoms with Gasteiger partial charge in [0.25, 0.3) is 0 Å². The molecule has 0 amide bonds. The van der Waals surface area contributed by atoms with Crippen LogP contribution in [-0.4, -0.2) is 52.4 Å². The summed E-state index contributed by atoms with van der Waals surface area (Å²) in [6.45, 7) is 3.23. The fourth-order valence-electron chi connectivity index (χ4n) is 3.67. The van der Waals surface area contributed by atoms with Gasteiger partial charge in [-0.05, 0) is 63.6 Å². The fourth-order valence-corrected chi connectivity index (χ4v) is 4.41. The second kappa shape index (κ2) is 6.78. The summed E-state index contributed by atoms with van der Waals surface area (Å²) in [4.78, 5) is 11.0. The lowest BCUT2D eigenvalue weighted by atomic mass is 10.0. The highest BCUT2D eigenvalue weighted by molar-refractivity contribution is 7.13. The SMILES string of the molecule is CN1CCC(N(C)Cc2c(-c3cccs3)nc3ccc(N)cn23)CC1. The first kappa shape index (κ1) is 16.6. The molecule has 3 aromatic rings. The average Bonchev–Trinajstić information content (AvgIpc) is 3.24. The van der Waals surface area contributed by atoms with E-state index in [0.717, 1.165) is 23.6 Å². The highest BCUT2D eigenvalue weighted by Crippen LogP contribution is 2.30. The molecule has 0 saturated carbocycles. The van der Waals surface area contributed by atoms with Crippen LogP contribution in [0.4, 0.5) is 5.69 Å². The zero-order valence-electron chi connectivity index (χ0n) is 14.9. The monoisotopic (exact) mass is 355 g/mol. The van der Waals surface area contributed by atoms with Gasteiger partial charge in [0.15, 0.2) is 0 Å². The number of thiophene rings is 1. The summed E-state index contributed by atoms with van der Waals surface area (Å²) >= 11 is 1.74. The first-order valence-electron chi connectivity index (χ1n) is 8.81. The van der Waals surface area contributed by atoms with Crippen molar-refractivity contribution < 1.29 is 0 Å². The van der Waals surface area contributed by atoms with Gasteiger partial charge in [-0.15, -0.1) is 11.3 Å². The van der Waals surface area contributed by atoms with Crippen molar-refractivity contribution in [2.75, 3.05) is 32.9 Å². The van der Waals surface area contributed by atoms with Crippen LogP contribution < -0.4 is 5.73 Å². The van der Waals surface area contributed by atoms with Crippen molar-refractivity contribution >= 4 is 22.7 Å². The van der Waals surface area contributed by atoms with Crippen molar-refractivity contribution in [3.8, 4) is 10.6 Å². The lowest BCUT2D eigenvalue weighted by molar-refractivity contribution is 0.138. The zero-order chi connectivity index (χ0) is 17.4. The summed E-state index contributed by atoms with van der Waals surface area (Å²) in [6, 6.07) is 8.78. The van der Waals surface area contributed by atoms with E-state index in [1.165, 1.54) is 36.5 Å². The summed E-state index contributed by atoms with van der Waals surface area (Å²) in [6.07, 6.45) is 4.44. The third-order valence-corrected chi connectivity index (χ3v) is 6.08. The normalized spacial score (nSPS) is 16.9. The van der Waals surface area contributed by atoms with E-state index in [9.17, 15) is 0 Å². The molecule has 2 N–H and O–H groups in total. The van der Waals surface area contributed by atoms with Gasteiger partial charge in [0.1, 0.15) is 11.3 Å². The number of piperidine rings is 1. The van der Waals surface area contributed by atoms with E-state index in [1.54, 1.807) is 11.3 Å². The van der Waals surface area contributed by atoms with Crippen LogP contribution in [0.25, 0.3) is 16.2 Å². The number of imidazole rings is 1. The Bertz CT molecular complexity index is 846. The largest absolute Gasteiger partial charge is 0.398 e. The number of likely N-dealkylation sites (tertiary alicyclic amines) is 1. The van der Waals surface area contributed by atoms with Crippen LogP contribution in [0, 0.1) is 0 Å². The van der Waals surface area contributed by atoms with Crippen LogP contribution in [-0.2, 0) is 6.54 Å². The molecular weight excluding hydrogens is 330 g/mol. The minimum atomic E-state index is 0.624. The number of hydrogen-bond donors (Lipinski definition) is 1. The quantitative estimate of drug-likeness (QED) is 0.781. The van der Waals surface area contributed by atoms with Crippen molar-refractivity contribution in [2.45, 2.75) is 25.4 Å². The van der Waals surface area contributed by atoms with Gasteiger partial charge in [-0.3, -0.25) is 9.30 Å². The summed E-state index contributed by atoms with van der Waals surface area (Å²) in [5, 5.41) is 2.11. The third-order valence-electron chi connectivity index (χ3n) is 5.21. The molecule has 1 fully saturated rings. The van der Waals surface area contributed by atoms with Crippen LogP contribution in [0.1, 0.15) is 18.5 Å². The van der Waals surface area contributed by atoms with E-state index in [4.69, 9.17) is 10.7 Å². The Kier molecular flexibility index (Phi) is 4.50. The molecular formula is C19H25N5S. The Balaban J connectivity index is 1.69. The predicted molar refractivity (Wildman–Crippen MR) is 105 cm³/mol. The standard InChI is InChI=1S/C19H25N5S/c1-22-9-7-15(8-10-22)23(2)13-16-19(17-4-3-11-25-17)21-18-6-5-14(20)12-24(16)18/h3-6,11-12,15H,7-10,13,20H2,1-2H3. The maximum absolute atomic E-state index is 6.04. The molecule has 4 heterocycles. The molecule has 1 aliphatic heterocycles. The predicted octanol–water partition coefficient (Wildman–Crippen LogP) is 3.17. The molecule has 0 aliphatic carbocycles. The lowest BCUT2D eigenvalue weighted by Crippen LogP contribution is -2.41. The van der Waals surface area contributed by atoms with E-state index in [0.29, 0.717) is 6.04 Å². The highest BCUT2D eigenvalue weighted by atomic mass is 32.1. The van der Waals surface area contributed by atoms with Crippen LogP contribution >= 0.6 is 11.3 Å². The Morgan fingerprint density at radius 1 is 1.28 bits per heavy atom. The number of anilines is 1. The maximum atomic E-state index is 6.04. The number of nitrogen functional groups attached to an aromatic ring is 1. The molecule has 3 aromatic heterocycles. The van der Waals surface area contributed by atoms with E-state index < -0.39 is 0 Å². The van der Waals surface area contributed by atoms with Crippen molar-refractivity contribution in [1.29, 1.82) is 0 Å². The number of rotatable bonds is 4. The lowest BCUT2D eigenvalue weighted by Gasteiger charge is -2.35. The molecule has 4 rings (SSSR count). The second-order valence-corrected chi connectivity index (χ2v) is 7.97. The van der Waals surface area contributed by atoms with Crippen LogP contribution in [0.5, 0.6) is 0 Å². The van der Waals surface area contributed by atoms with Gasteiger partial charge in [0.05, 0.1) is 10.6 Å². The van der Waals surface area contributed by atoms with Gasteiger partial charge in [-0.1, -0.05) is 6.07 Å². The Labute approximate surface area is 152 Å². The topological polar surface area (TPSA) is 49.8 Å². The van der Waals surface area contributed by atoms with Crippen molar-refractivity contribution in [2.24, 2.45) is 0 Å². The molecule has 6 heteroatoms. The molecule has 132 valence electrons. The molecule has 0 bridgehead atoms. The van der Waals surface area contributed by atoms with E-state index in [1.807, 2.05) is 18.3 Å². The third kappa shape index (κ3) is 3.29. The smallest absolute Gasteiger partial charge is 0.137 e. The zero-order valence-corrected chi connectivity index (χ0v) is 15.7. The Morgan fingerprint density at radius 2 is 2.08 bits per heavy atom. The van der Waals surface area contributed by atoms with E-state index >= 15 is 0 Å². The molecule has 1 aliphatic rings. The average molecular weight is 356 g/mol. The second-order valence-electron chi connectivity index (χ2n) is 7.02. The van der Waals surface area contributed by atoms with E-state index in [2.05, 4.69) is 45.8 Å². The first-order chi connectivity index (χ1) is 12.1. The van der Waals surface area contributed by atoms with Gasteiger partial charge >= 0.3 is 0 Å². The molecule has 5 nitrogen and oxygen atoms in total. The Morgan fingerprint density at radius 3 is 2.80 bits per heavy atom. The number of nitrogens with two attached hydrogens (primary N) is 1. The number of nitrogens with zero attached hydrogens (tertiary/aromatic N) is 4.